The van der Waals surface area contributed by atoms with Crippen LogP contribution in [0.5, 0.6) is 0 Å². The van der Waals surface area contributed by atoms with Crippen molar-refractivity contribution in [2.24, 2.45) is 0 Å². The molecule has 0 atom stereocenters. The average molecular weight is 402 g/mol. The largest absolute Gasteiger partial charge is 0.341 e. The van der Waals surface area contributed by atoms with Crippen molar-refractivity contribution in [3.05, 3.63) is 58.6 Å². The van der Waals surface area contributed by atoms with Gasteiger partial charge in [0.1, 0.15) is 0 Å². The molecule has 1 aliphatic rings. The highest BCUT2D eigenvalue weighted by Gasteiger charge is 2.17. The standard InChI is InChI=1S/C22H30ClN3.C2H6/c1-18-7-4-5-8-21(18)26(22-17-20(23)10-9-19(22)2)12-6-11-25-15-13-24(3)14-16-25;1-2/h4-5,7-10,17H,6,11-16H2,1-3H3;1-2H3. The fraction of sp³-hybridized carbons (Fsp3) is 0.500. The van der Waals surface area contributed by atoms with Crippen LogP contribution >= 0.6 is 11.6 Å². The van der Waals surface area contributed by atoms with Gasteiger partial charge in [0.15, 0.2) is 0 Å². The second-order valence-corrected chi connectivity index (χ2v) is 7.80. The number of anilines is 2. The van der Waals surface area contributed by atoms with Crippen LogP contribution in [0.15, 0.2) is 42.5 Å². The van der Waals surface area contributed by atoms with E-state index in [1.54, 1.807) is 0 Å². The van der Waals surface area contributed by atoms with E-state index in [0.29, 0.717) is 0 Å². The molecule has 1 heterocycles. The normalized spacial score (nSPS) is 15.1. The topological polar surface area (TPSA) is 9.72 Å². The Bertz CT molecular complexity index is 724. The highest BCUT2D eigenvalue weighted by atomic mass is 35.5. The minimum Gasteiger partial charge on any atom is -0.341 e. The zero-order valence-electron chi connectivity index (χ0n) is 18.2. The fourth-order valence-corrected chi connectivity index (χ4v) is 3.80. The molecule has 0 aromatic heterocycles. The first-order chi connectivity index (χ1) is 13.5. The lowest BCUT2D eigenvalue weighted by molar-refractivity contribution is 0.153. The van der Waals surface area contributed by atoms with Crippen molar-refractivity contribution in [2.45, 2.75) is 34.1 Å². The van der Waals surface area contributed by atoms with E-state index in [1.165, 1.54) is 48.7 Å². The summed E-state index contributed by atoms with van der Waals surface area (Å²) in [5, 5.41) is 0.795. The van der Waals surface area contributed by atoms with E-state index in [-0.39, 0.29) is 0 Å². The molecular formula is C24H36ClN3. The summed E-state index contributed by atoms with van der Waals surface area (Å²) in [5.41, 5.74) is 5.05. The van der Waals surface area contributed by atoms with Gasteiger partial charge in [0.25, 0.3) is 0 Å². The molecular weight excluding hydrogens is 366 g/mol. The summed E-state index contributed by atoms with van der Waals surface area (Å²) in [6.45, 7) is 15.2. The summed E-state index contributed by atoms with van der Waals surface area (Å²) in [6.07, 6.45) is 1.14. The number of rotatable bonds is 6. The molecule has 0 saturated carbocycles. The van der Waals surface area contributed by atoms with Gasteiger partial charge in [-0.1, -0.05) is 49.7 Å². The van der Waals surface area contributed by atoms with E-state index < -0.39 is 0 Å². The van der Waals surface area contributed by atoms with Gasteiger partial charge in [-0.05, 0) is 63.2 Å². The Balaban J connectivity index is 0.00000136. The van der Waals surface area contributed by atoms with E-state index >= 15 is 0 Å². The van der Waals surface area contributed by atoms with Crippen molar-refractivity contribution in [1.82, 2.24) is 9.80 Å². The van der Waals surface area contributed by atoms with Crippen LogP contribution in [0.2, 0.25) is 5.02 Å². The van der Waals surface area contributed by atoms with Gasteiger partial charge in [0.2, 0.25) is 0 Å². The minimum absolute atomic E-state index is 0.795. The number of hydrogen-bond acceptors (Lipinski definition) is 3. The molecule has 0 radical (unpaired) electrons. The van der Waals surface area contributed by atoms with Crippen LogP contribution in [0.1, 0.15) is 31.4 Å². The van der Waals surface area contributed by atoms with Crippen LogP contribution in [0.25, 0.3) is 0 Å². The second-order valence-electron chi connectivity index (χ2n) is 7.37. The molecule has 2 aromatic rings. The number of likely N-dealkylation sites (N-methyl/N-ethyl adjacent to an activating group) is 1. The van der Waals surface area contributed by atoms with Crippen molar-refractivity contribution in [3.63, 3.8) is 0 Å². The monoisotopic (exact) mass is 401 g/mol. The lowest BCUT2D eigenvalue weighted by atomic mass is 10.1. The van der Waals surface area contributed by atoms with Gasteiger partial charge in [-0.2, -0.15) is 0 Å². The van der Waals surface area contributed by atoms with Crippen LogP contribution in [-0.4, -0.2) is 56.1 Å². The molecule has 0 aliphatic carbocycles. The first-order valence-electron chi connectivity index (χ1n) is 10.5. The molecule has 0 bridgehead atoms. The Morgan fingerprint density at radius 3 is 2.21 bits per heavy atom. The first kappa shape index (κ1) is 22.7. The molecule has 0 unspecified atom stereocenters. The van der Waals surface area contributed by atoms with E-state index in [2.05, 4.69) is 72.0 Å². The first-order valence-corrected chi connectivity index (χ1v) is 10.9. The van der Waals surface area contributed by atoms with E-state index in [1.807, 2.05) is 19.9 Å². The molecule has 1 fully saturated rings. The maximum absolute atomic E-state index is 6.32. The molecule has 154 valence electrons. The minimum atomic E-state index is 0.795. The molecule has 2 aromatic carbocycles. The lowest BCUT2D eigenvalue weighted by Gasteiger charge is -2.33. The van der Waals surface area contributed by atoms with Crippen LogP contribution in [0, 0.1) is 13.8 Å². The van der Waals surface area contributed by atoms with E-state index in [4.69, 9.17) is 11.6 Å². The molecule has 4 heteroatoms. The number of piperazine rings is 1. The molecule has 1 saturated heterocycles. The molecule has 1 aliphatic heterocycles. The molecule has 0 amide bonds. The predicted octanol–water partition coefficient (Wildman–Crippen LogP) is 5.76. The van der Waals surface area contributed by atoms with Gasteiger partial charge >= 0.3 is 0 Å². The van der Waals surface area contributed by atoms with Crippen molar-refractivity contribution in [1.29, 1.82) is 0 Å². The van der Waals surface area contributed by atoms with Gasteiger partial charge in [-0.25, -0.2) is 0 Å². The molecule has 0 N–H and O–H groups in total. The van der Waals surface area contributed by atoms with Gasteiger partial charge < -0.3 is 14.7 Å². The molecule has 3 rings (SSSR count). The Morgan fingerprint density at radius 2 is 1.54 bits per heavy atom. The van der Waals surface area contributed by atoms with Crippen LogP contribution < -0.4 is 4.90 Å². The summed E-state index contributed by atoms with van der Waals surface area (Å²) < 4.78 is 0. The Hall–Kier alpha value is -1.55. The Kier molecular flexibility index (Phi) is 9.30. The number of para-hydroxylation sites is 1. The zero-order valence-corrected chi connectivity index (χ0v) is 19.0. The summed E-state index contributed by atoms with van der Waals surface area (Å²) >= 11 is 6.32. The van der Waals surface area contributed by atoms with E-state index in [0.717, 1.165) is 24.5 Å². The summed E-state index contributed by atoms with van der Waals surface area (Å²) in [7, 11) is 2.21. The van der Waals surface area contributed by atoms with Crippen molar-refractivity contribution < 1.29 is 0 Å². The number of halogens is 1. The predicted molar refractivity (Wildman–Crippen MR) is 124 cm³/mol. The Morgan fingerprint density at radius 1 is 0.893 bits per heavy atom. The van der Waals surface area contributed by atoms with Crippen molar-refractivity contribution in [2.75, 3.05) is 51.2 Å². The third kappa shape index (κ3) is 6.23. The summed E-state index contributed by atoms with van der Waals surface area (Å²) in [5.74, 6) is 0. The smallest absolute Gasteiger partial charge is 0.0455 e. The van der Waals surface area contributed by atoms with Gasteiger partial charge in [-0.3, -0.25) is 0 Å². The SMILES string of the molecule is CC.Cc1ccccc1N(CCCN1CCN(C)CC1)c1cc(Cl)ccc1C. The molecule has 3 nitrogen and oxygen atoms in total. The maximum Gasteiger partial charge on any atom is 0.0455 e. The number of aryl methyl sites for hydroxylation is 2. The van der Waals surface area contributed by atoms with Crippen LogP contribution in [-0.2, 0) is 0 Å². The molecule has 28 heavy (non-hydrogen) atoms. The van der Waals surface area contributed by atoms with Gasteiger partial charge in [0, 0.05) is 49.1 Å². The average Bonchev–Trinajstić information content (AvgIpc) is 2.71. The second kappa shape index (κ2) is 11.5. The van der Waals surface area contributed by atoms with Gasteiger partial charge in [0.05, 0.1) is 0 Å². The molecule has 0 spiro atoms. The highest BCUT2D eigenvalue weighted by molar-refractivity contribution is 6.30. The van der Waals surface area contributed by atoms with Gasteiger partial charge in [-0.15, -0.1) is 0 Å². The van der Waals surface area contributed by atoms with Crippen molar-refractivity contribution >= 4 is 23.0 Å². The lowest BCUT2D eigenvalue weighted by Crippen LogP contribution is -2.45. The number of hydrogen-bond donors (Lipinski definition) is 0. The van der Waals surface area contributed by atoms with Crippen LogP contribution in [0.3, 0.4) is 0 Å². The Labute approximate surface area is 176 Å². The number of benzene rings is 2. The van der Waals surface area contributed by atoms with E-state index in [9.17, 15) is 0 Å². The third-order valence-electron chi connectivity index (χ3n) is 5.32. The maximum atomic E-state index is 6.32. The fourth-order valence-electron chi connectivity index (χ4n) is 3.63. The highest BCUT2D eigenvalue weighted by Crippen LogP contribution is 2.32. The van der Waals surface area contributed by atoms with Crippen molar-refractivity contribution in [3.8, 4) is 0 Å². The summed E-state index contributed by atoms with van der Waals surface area (Å²) in [4.78, 5) is 7.43. The third-order valence-corrected chi connectivity index (χ3v) is 5.56. The zero-order chi connectivity index (χ0) is 20.5. The summed E-state index contributed by atoms with van der Waals surface area (Å²) in [6, 6.07) is 14.8. The quantitative estimate of drug-likeness (QED) is 0.609. The number of nitrogens with zero attached hydrogens (tertiary/aromatic N) is 3. The van der Waals surface area contributed by atoms with Crippen LogP contribution in [0.4, 0.5) is 11.4 Å².